The van der Waals surface area contributed by atoms with Crippen molar-refractivity contribution in [2.24, 2.45) is 5.92 Å². The first-order chi connectivity index (χ1) is 25.7. The minimum absolute atomic E-state index is 0.0165. The number of nitrogens with one attached hydrogen (secondary N) is 4. The van der Waals surface area contributed by atoms with Gasteiger partial charge < -0.3 is 20.3 Å². The molecular weight excluding hydrogens is 720 g/mol. The van der Waals surface area contributed by atoms with Crippen LogP contribution in [-0.2, 0) is 30.8 Å². The van der Waals surface area contributed by atoms with Crippen molar-refractivity contribution >= 4 is 44.7 Å². The number of aromatic amines is 1. The Hall–Kier alpha value is -4.93. The number of carbonyl (C=O) groups is 4. The molecule has 4 amide bonds. The average Bonchev–Trinajstić information content (AvgIpc) is 3.93. The van der Waals surface area contributed by atoms with Gasteiger partial charge in [0.05, 0.1) is 22.3 Å². The number of benzene rings is 1. The monoisotopic (exact) mass is 764 g/mol. The van der Waals surface area contributed by atoms with Gasteiger partial charge in [0.1, 0.15) is 40.9 Å². The molecule has 7 rings (SSSR count). The van der Waals surface area contributed by atoms with Crippen molar-refractivity contribution in [3.05, 3.63) is 59.3 Å². The smallest absolute Gasteiger partial charge is 0.272 e. The number of allylic oxidation sites excluding steroid dienone is 1. The fraction of sp³-hybridized carbons (Fsp3) is 0.541. The van der Waals surface area contributed by atoms with Gasteiger partial charge in [0.15, 0.2) is 0 Å². The maximum Gasteiger partial charge on any atom is 0.272 e. The van der Waals surface area contributed by atoms with Gasteiger partial charge in [-0.05, 0) is 77.0 Å². The Labute approximate surface area is 312 Å². The number of hydrogen-bond acceptors (Lipinski definition) is 10. The highest BCUT2D eigenvalue weighted by Crippen LogP contribution is 2.47. The molecule has 3 fully saturated rings. The molecule has 17 heteroatoms. The molecule has 0 radical (unpaired) electrons. The zero-order chi connectivity index (χ0) is 38.4. The first kappa shape index (κ1) is 37.4. The van der Waals surface area contributed by atoms with Crippen molar-refractivity contribution < 1.29 is 36.7 Å². The van der Waals surface area contributed by atoms with Gasteiger partial charge in [0.2, 0.25) is 27.7 Å². The Bertz CT molecular complexity index is 2140. The van der Waals surface area contributed by atoms with Crippen LogP contribution in [0.25, 0.3) is 11.0 Å². The van der Waals surface area contributed by atoms with Crippen molar-refractivity contribution in [3.63, 3.8) is 0 Å². The molecule has 288 valence electrons. The molecule has 2 aromatic heterocycles. The highest BCUT2D eigenvalue weighted by Gasteiger charge is 2.63. The number of aromatic nitrogens is 4. The minimum Gasteiger partial charge on any atom is -0.471 e. The summed E-state index contributed by atoms with van der Waals surface area (Å²) in [6.45, 7) is 5.11. The summed E-state index contributed by atoms with van der Waals surface area (Å²) in [5.41, 5.74) is 0.487. The highest BCUT2D eigenvalue weighted by molar-refractivity contribution is 7.91. The summed E-state index contributed by atoms with van der Waals surface area (Å²) in [6, 6.07) is 3.44. The first-order valence-corrected chi connectivity index (χ1v) is 20.0. The number of nitrogens with zero attached hydrogens (tertiary/aromatic N) is 4. The molecule has 1 aromatic carbocycles. The molecule has 5 atom stereocenters. The van der Waals surface area contributed by atoms with Crippen molar-refractivity contribution in [2.75, 3.05) is 6.54 Å². The second-order valence-corrected chi connectivity index (χ2v) is 17.3. The maximum atomic E-state index is 14.5. The van der Waals surface area contributed by atoms with E-state index in [-0.39, 0.29) is 36.5 Å². The van der Waals surface area contributed by atoms with Crippen LogP contribution in [0.3, 0.4) is 0 Å². The van der Waals surface area contributed by atoms with E-state index >= 15 is 0 Å². The van der Waals surface area contributed by atoms with E-state index in [9.17, 15) is 32.0 Å². The number of H-pyrrole nitrogens is 1. The average molecular weight is 765 g/mol. The van der Waals surface area contributed by atoms with Crippen LogP contribution in [0.4, 0.5) is 4.39 Å². The molecule has 2 aliphatic carbocycles. The molecule has 2 aliphatic heterocycles. The Morgan fingerprint density at radius 1 is 1.11 bits per heavy atom. The Morgan fingerprint density at radius 2 is 1.91 bits per heavy atom. The molecule has 0 spiro atoms. The lowest BCUT2D eigenvalue weighted by atomic mass is 10.0. The van der Waals surface area contributed by atoms with Crippen LogP contribution < -0.4 is 20.1 Å². The van der Waals surface area contributed by atoms with Crippen molar-refractivity contribution in [2.45, 2.75) is 113 Å². The number of aryl methyl sites for hydroxylation is 2. The summed E-state index contributed by atoms with van der Waals surface area (Å²) < 4.78 is 47.9. The molecule has 4 aliphatic rings. The third kappa shape index (κ3) is 7.42. The summed E-state index contributed by atoms with van der Waals surface area (Å²) in [7, 11) is -4.01. The number of rotatable bonds is 8. The second-order valence-electron chi connectivity index (χ2n) is 15.1. The Balaban J connectivity index is 1.21. The van der Waals surface area contributed by atoms with E-state index in [1.807, 2.05) is 19.1 Å². The molecule has 3 aromatic rings. The van der Waals surface area contributed by atoms with Gasteiger partial charge in [-0.1, -0.05) is 31.9 Å². The van der Waals surface area contributed by atoms with E-state index < -0.39 is 73.9 Å². The van der Waals surface area contributed by atoms with Gasteiger partial charge in [-0.25, -0.2) is 22.8 Å². The molecule has 0 bridgehead atoms. The lowest BCUT2D eigenvalue weighted by Gasteiger charge is -2.30. The lowest BCUT2D eigenvalue weighted by Crippen LogP contribution is -2.58. The van der Waals surface area contributed by atoms with Crippen LogP contribution in [0.1, 0.15) is 93.5 Å². The number of hydrogen-bond donors (Lipinski definition) is 4. The topological polar surface area (TPSA) is 205 Å². The molecular formula is C37H45FN8O7S. The van der Waals surface area contributed by atoms with Crippen LogP contribution in [0.15, 0.2) is 36.4 Å². The second kappa shape index (κ2) is 14.4. The summed E-state index contributed by atoms with van der Waals surface area (Å²) in [6.07, 6.45) is 7.52. The fourth-order valence-corrected chi connectivity index (χ4v) is 8.56. The number of ether oxygens (including phenoxy) is 1. The molecule has 2 saturated carbocycles. The number of amides is 4. The van der Waals surface area contributed by atoms with Gasteiger partial charge in [0, 0.05) is 24.1 Å². The number of fused-ring (bicyclic) bond motifs is 3. The predicted octanol–water partition coefficient (Wildman–Crippen LogP) is 2.90. The Kier molecular flexibility index (Phi) is 9.95. The molecule has 15 nitrogen and oxygen atoms in total. The van der Waals surface area contributed by atoms with Crippen molar-refractivity contribution in [1.29, 1.82) is 0 Å². The zero-order valence-electron chi connectivity index (χ0n) is 30.5. The summed E-state index contributed by atoms with van der Waals surface area (Å²) in [4.78, 5) is 66.5. The quantitative estimate of drug-likeness (QED) is 0.247. The standard InChI is InChI=1S/C37H45FN8O7S/c1-4-25-33(41-28-17-23(38)12-13-26(28)39-25)53-24-18-30-32(48)42-37(35(50)45-54(51,52)36(3)14-15-36)19-22(37)10-8-6-5-7-9-11-27(34(49)46(30)20-24)40-31(47)29-16-21(2)43-44-29/h8,10,12-13,16-17,22,24,27,30H,4-7,9,11,14-15,18-20H2,1-3H3,(H,40,47)(H,42,48)(H,43,44)(H,45,50)/b10-8-/t22-,24-,27+,30+,37-/m1/s1. The van der Waals surface area contributed by atoms with Crippen LogP contribution in [0, 0.1) is 18.7 Å². The summed E-state index contributed by atoms with van der Waals surface area (Å²) in [5.74, 6) is -3.39. The third-order valence-corrected chi connectivity index (χ3v) is 13.2. The fourth-order valence-electron chi connectivity index (χ4n) is 7.24. The van der Waals surface area contributed by atoms with Crippen molar-refractivity contribution in [1.82, 2.24) is 40.4 Å². The van der Waals surface area contributed by atoms with E-state index in [1.165, 1.54) is 23.1 Å². The van der Waals surface area contributed by atoms with E-state index in [1.54, 1.807) is 19.9 Å². The molecule has 4 N–H and O–H groups in total. The summed E-state index contributed by atoms with van der Waals surface area (Å²) in [5, 5.41) is 12.4. The SMILES string of the molecule is CCc1nc2ccc(F)cc2nc1O[C@@H]1C[C@H]2C(=O)N[C@]3(C(=O)NS(=O)(=O)C4(C)CC4)C[C@H]3/C=C\CCCCC[C@H](NC(=O)c3cc(C)[nH]n3)C(=O)N2C1. The number of sulfonamides is 1. The van der Waals surface area contributed by atoms with Crippen LogP contribution in [0.5, 0.6) is 5.88 Å². The van der Waals surface area contributed by atoms with E-state index in [0.29, 0.717) is 55.4 Å². The summed E-state index contributed by atoms with van der Waals surface area (Å²) >= 11 is 0. The maximum absolute atomic E-state index is 14.5. The van der Waals surface area contributed by atoms with Gasteiger partial charge in [-0.3, -0.25) is 29.0 Å². The highest BCUT2D eigenvalue weighted by atomic mass is 32.2. The van der Waals surface area contributed by atoms with Gasteiger partial charge in [0.25, 0.3) is 11.8 Å². The van der Waals surface area contributed by atoms with E-state index in [4.69, 9.17) is 4.74 Å². The molecule has 1 saturated heterocycles. The van der Waals surface area contributed by atoms with Crippen molar-refractivity contribution in [3.8, 4) is 5.88 Å². The number of halogens is 1. The Morgan fingerprint density at radius 3 is 2.63 bits per heavy atom. The largest absolute Gasteiger partial charge is 0.471 e. The van der Waals surface area contributed by atoms with Gasteiger partial charge >= 0.3 is 0 Å². The normalized spacial score (nSPS) is 27.4. The molecule has 54 heavy (non-hydrogen) atoms. The van der Waals surface area contributed by atoms with Crippen LogP contribution in [-0.4, -0.2) is 92.1 Å². The van der Waals surface area contributed by atoms with E-state index in [2.05, 4.69) is 35.5 Å². The van der Waals surface area contributed by atoms with Crippen LogP contribution in [0.2, 0.25) is 0 Å². The predicted molar refractivity (Wildman–Crippen MR) is 194 cm³/mol. The first-order valence-electron chi connectivity index (χ1n) is 18.5. The van der Waals surface area contributed by atoms with E-state index in [0.717, 1.165) is 12.8 Å². The number of carbonyl (C=O) groups excluding carboxylic acids is 4. The lowest BCUT2D eigenvalue weighted by molar-refractivity contribution is -0.141. The minimum atomic E-state index is -4.01. The zero-order valence-corrected chi connectivity index (χ0v) is 31.3. The molecule has 4 heterocycles. The van der Waals surface area contributed by atoms with Crippen LogP contribution >= 0.6 is 0 Å². The molecule has 0 unspecified atom stereocenters. The third-order valence-electron chi connectivity index (χ3n) is 11.0. The van der Waals surface area contributed by atoms with Gasteiger partial charge in [-0.15, -0.1) is 0 Å². The van der Waals surface area contributed by atoms with Gasteiger partial charge in [-0.2, -0.15) is 5.10 Å².